The number of halogens is 1. The quantitative estimate of drug-likeness (QED) is 0.0479. The van der Waals surface area contributed by atoms with Gasteiger partial charge in [-0.3, -0.25) is 14.5 Å². The largest absolute Gasteiger partial charge is 0.488 e. The van der Waals surface area contributed by atoms with E-state index in [2.05, 4.69) is 33.4 Å². The number of alkyl carbamates (subject to hydrolysis) is 1. The molecule has 1 aliphatic heterocycles. The number of primary amides is 1. The fourth-order valence-corrected chi connectivity index (χ4v) is 8.82. The maximum absolute atomic E-state index is 13.8. The molecule has 2 unspecified atom stereocenters. The molecule has 2 aliphatic rings. The van der Waals surface area contributed by atoms with E-state index in [1.54, 1.807) is 30.9 Å². The van der Waals surface area contributed by atoms with Crippen molar-refractivity contribution in [2.24, 2.45) is 11.7 Å². The number of alkyl halides is 1. The molecule has 66 heavy (non-hydrogen) atoms. The minimum Gasteiger partial charge on any atom is -0.488 e. The first kappa shape index (κ1) is 47.2. The molecule has 1 heterocycles. The molecule has 15 heteroatoms. The molecule has 7 rings (SSSR count). The Balaban J connectivity index is 0.997. The molecule has 0 spiro atoms. The summed E-state index contributed by atoms with van der Waals surface area (Å²) in [6.45, 7) is 9.88. The van der Waals surface area contributed by atoms with E-state index < -0.39 is 47.7 Å². The van der Waals surface area contributed by atoms with E-state index in [0.29, 0.717) is 36.0 Å². The normalized spacial score (nSPS) is 15.0. The van der Waals surface area contributed by atoms with Crippen LogP contribution in [0.25, 0.3) is 21.9 Å². The fraction of sp³-hybridized carbons (Fsp3) is 0.353. The number of carbonyl (C=O) groups excluding carboxylic acids is 5. The van der Waals surface area contributed by atoms with Crippen molar-refractivity contribution in [3.8, 4) is 16.9 Å². The predicted octanol–water partition coefficient (Wildman–Crippen LogP) is 8.93. The average molecular weight is 918 g/mol. The molecule has 0 saturated carbocycles. The van der Waals surface area contributed by atoms with E-state index in [0.717, 1.165) is 44.2 Å². The van der Waals surface area contributed by atoms with Crippen LogP contribution in [0.3, 0.4) is 0 Å². The highest BCUT2D eigenvalue weighted by atomic mass is 35.5. The predicted molar refractivity (Wildman–Crippen MR) is 256 cm³/mol. The van der Waals surface area contributed by atoms with Crippen LogP contribution in [-0.2, 0) is 25.7 Å². The van der Waals surface area contributed by atoms with E-state index in [1.165, 1.54) is 0 Å². The standard InChI is InChI=1S/C51H57ClN6O8/c1-30(2)45(57-49(62)65-29-40-36-15-8-6-13-34(36)35-14-7-9-16-37(35)40)47(60)56-41(19-12-24-54-48(53)61)46(59)55-33-22-20-31(21-23-33)28-64-43-25-42-44(39-18-11-10-17-38(39)43)32(26-52)27-58(42)50(63)66-51(3,4)5/h6-11,13-18,20-23,25,30,32,40-41,45H,12,19,24,26-29H2,1-5H3,(H,55,59)(H,56,60)(H,57,62)(H3,53,54,61)/t32-,41?,45?/m1/s1. The number of hydrogen-bond acceptors (Lipinski definition) is 8. The summed E-state index contributed by atoms with van der Waals surface area (Å²) in [5.41, 5.74) is 11.8. The van der Waals surface area contributed by atoms with Crippen molar-refractivity contribution >= 4 is 63.8 Å². The lowest BCUT2D eigenvalue weighted by Crippen LogP contribution is -2.54. The third kappa shape index (κ3) is 11.0. The Labute approximate surface area is 389 Å². The van der Waals surface area contributed by atoms with Crippen LogP contribution >= 0.6 is 11.6 Å². The summed E-state index contributed by atoms with van der Waals surface area (Å²) in [4.78, 5) is 67.3. The van der Waals surface area contributed by atoms with Gasteiger partial charge in [-0.1, -0.05) is 98.8 Å². The number of benzene rings is 5. The molecule has 6 N–H and O–H groups in total. The van der Waals surface area contributed by atoms with Crippen molar-refractivity contribution in [1.82, 2.24) is 16.0 Å². The Morgan fingerprint density at radius 3 is 2.09 bits per heavy atom. The maximum atomic E-state index is 13.8. The van der Waals surface area contributed by atoms with E-state index in [9.17, 15) is 24.0 Å². The number of rotatable bonds is 16. The number of carbonyl (C=O) groups is 5. The zero-order valence-corrected chi connectivity index (χ0v) is 38.6. The molecular weight excluding hydrogens is 860 g/mol. The summed E-state index contributed by atoms with van der Waals surface area (Å²) in [5, 5.41) is 12.8. The van der Waals surface area contributed by atoms with Crippen LogP contribution in [0.15, 0.2) is 103 Å². The Morgan fingerprint density at radius 1 is 0.833 bits per heavy atom. The van der Waals surface area contributed by atoms with Gasteiger partial charge in [0.25, 0.3) is 0 Å². The molecule has 0 aromatic heterocycles. The lowest BCUT2D eigenvalue weighted by Gasteiger charge is -2.25. The van der Waals surface area contributed by atoms with E-state index >= 15 is 0 Å². The van der Waals surface area contributed by atoms with Crippen LogP contribution in [0, 0.1) is 5.92 Å². The van der Waals surface area contributed by atoms with Crippen molar-refractivity contribution in [1.29, 1.82) is 0 Å². The summed E-state index contributed by atoms with van der Waals surface area (Å²) in [6.07, 6.45) is -0.730. The second-order valence-electron chi connectivity index (χ2n) is 18.0. The number of urea groups is 1. The van der Waals surface area contributed by atoms with Crippen LogP contribution in [-0.4, -0.2) is 73.3 Å². The highest BCUT2D eigenvalue weighted by Gasteiger charge is 2.37. The van der Waals surface area contributed by atoms with Gasteiger partial charge in [-0.25, -0.2) is 14.4 Å². The first-order valence-electron chi connectivity index (χ1n) is 22.2. The molecule has 6 amide bonds. The van der Waals surface area contributed by atoms with Crippen LogP contribution < -0.4 is 36.6 Å². The van der Waals surface area contributed by atoms with Crippen LogP contribution in [0.4, 0.5) is 25.8 Å². The smallest absolute Gasteiger partial charge is 0.414 e. The average Bonchev–Trinajstić information content (AvgIpc) is 3.83. The molecule has 0 bridgehead atoms. The van der Waals surface area contributed by atoms with Gasteiger partial charge < -0.3 is 41.2 Å². The Bertz CT molecular complexity index is 2550. The summed E-state index contributed by atoms with van der Waals surface area (Å²) >= 11 is 6.44. The third-order valence-electron chi connectivity index (χ3n) is 11.7. The number of nitrogens with zero attached hydrogens (tertiary/aromatic N) is 1. The van der Waals surface area contributed by atoms with Crippen molar-refractivity contribution in [3.63, 3.8) is 0 Å². The number of nitrogens with one attached hydrogen (secondary N) is 4. The molecule has 0 radical (unpaired) electrons. The highest BCUT2D eigenvalue weighted by molar-refractivity contribution is 6.19. The van der Waals surface area contributed by atoms with Gasteiger partial charge >= 0.3 is 18.2 Å². The molecule has 5 aromatic rings. The van der Waals surface area contributed by atoms with Crippen molar-refractivity contribution in [2.75, 3.05) is 35.8 Å². The Hall–Kier alpha value is -6.80. The summed E-state index contributed by atoms with van der Waals surface area (Å²) in [7, 11) is 0. The van der Waals surface area contributed by atoms with E-state index in [-0.39, 0.29) is 43.9 Å². The number of anilines is 2. The lowest BCUT2D eigenvalue weighted by atomic mass is 9.95. The van der Waals surface area contributed by atoms with Crippen LogP contribution in [0.1, 0.15) is 81.5 Å². The van der Waals surface area contributed by atoms with Gasteiger partial charge in [0.15, 0.2) is 0 Å². The first-order chi connectivity index (χ1) is 31.6. The topological polar surface area (TPSA) is 190 Å². The Morgan fingerprint density at radius 2 is 1.47 bits per heavy atom. The molecule has 346 valence electrons. The van der Waals surface area contributed by atoms with Crippen LogP contribution in [0.5, 0.6) is 5.75 Å². The van der Waals surface area contributed by atoms with Gasteiger partial charge in [0.1, 0.15) is 36.6 Å². The highest BCUT2D eigenvalue weighted by Crippen LogP contribution is 2.47. The third-order valence-corrected chi connectivity index (χ3v) is 12.1. The lowest BCUT2D eigenvalue weighted by molar-refractivity contribution is -0.128. The van der Waals surface area contributed by atoms with Gasteiger partial charge in [-0.2, -0.15) is 0 Å². The molecule has 3 atom stereocenters. The summed E-state index contributed by atoms with van der Waals surface area (Å²) in [6, 6.07) is 30.1. The molecular formula is C51H57ClN6O8. The van der Waals surface area contributed by atoms with Gasteiger partial charge in [-0.05, 0) is 90.4 Å². The number of hydrogen-bond donors (Lipinski definition) is 5. The number of ether oxygens (including phenoxy) is 3. The van der Waals surface area contributed by atoms with E-state index in [4.69, 9.17) is 31.5 Å². The summed E-state index contributed by atoms with van der Waals surface area (Å²) in [5.74, 6) is -0.753. The van der Waals surface area contributed by atoms with Gasteiger partial charge in [0.2, 0.25) is 11.8 Å². The Kier molecular flexibility index (Phi) is 14.7. The minimum absolute atomic E-state index is 0.0734. The summed E-state index contributed by atoms with van der Waals surface area (Å²) < 4.78 is 17.9. The van der Waals surface area contributed by atoms with Gasteiger partial charge in [0.05, 0.1) is 5.69 Å². The first-order valence-corrected chi connectivity index (χ1v) is 22.7. The minimum atomic E-state index is -1.03. The van der Waals surface area contributed by atoms with Crippen LogP contribution in [0.2, 0.25) is 0 Å². The second-order valence-corrected chi connectivity index (χ2v) is 18.3. The zero-order chi connectivity index (χ0) is 47.1. The number of amides is 6. The van der Waals surface area contributed by atoms with Crippen molar-refractivity contribution in [3.05, 3.63) is 125 Å². The van der Waals surface area contributed by atoms with Gasteiger partial charge in [-0.15, -0.1) is 11.6 Å². The van der Waals surface area contributed by atoms with Crippen molar-refractivity contribution in [2.45, 2.75) is 83.6 Å². The zero-order valence-electron chi connectivity index (χ0n) is 37.8. The number of nitrogens with two attached hydrogens (primary N) is 1. The van der Waals surface area contributed by atoms with Gasteiger partial charge in [0, 0.05) is 47.9 Å². The number of fused-ring (bicyclic) bond motifs is 6. The monoisotopic (exact) mass is 916 g/mol. The maximum Gasteiger partial charge on any atom is 0.414 e. The molecule has 1 aliphatic carbocycles. The fourth-order valence-electron chi connectivity index (χ4n) is 8.57. The van der Waals surface area contributed by atoms with E-state index in [1.807, 2.05) is 99.6 Å². The SMILES string of the molecule is CC(C)C(NC(=O)OCC1c2ccccc2-c2ccccc21)C(=O)NC(CCCNC(N)=O)C(=O)Nc1ccc(COc2cc3c(c4ccccc24)[C@H](CCl)CN3C(=O)OC(C)(C)C)cc1. The molecule has 0 saturated heterocycles. The second kappa shape index (κ2) is 20.6. The molecule has 0 fully saturated rings. The van der Waals surface area contributed by atoms with Crippen molar-refractivity contribution < 1.29 is 38.2 Å². The molecule has 14 nitrogen and oxygen atoms in total. The molecule has 5 aromatic carbocycles.